The zero-order chi connectivity index (χ0) is 16.7. The molecule has 0 radical (unpaired) electrons. The molecule has 0 atom stereocenters. The van der Waals surface area contributed by atoms with Gasteiger partial charge in [0.25, 0.3) is 0 Å². The minimum Gasteiger partial charge on any atom is -0.493 e. The molecule has 0 unspecified atom stereocenters. The molecular formula is C18H20ClFNO2+. The number of ether oxygens (including phenoxy) is 2. The minimum absolute atomic E-state index is 0.0454. The molecule has 0 amide bonds. The summed E-state index contributed by atoms with van der Waals surface area (Å²) in [5, 5.41) is 2.47. The predicted octanol–water partition coefficient (Wildman–Crippen LogP) is 3.32. The SMILES string of the molecule is C=CC[NH2+]Cc1ccc(OCc2c(F)cccc2Cl)c(OC)c1. The summed E-state index contributed by atoms with van der Waals surface area (Å²) in [5.41, 5.74) is 1.44. The van der Waals surface area contributed by atoms with Crippen LogP contribution >= 0.6 is 11.6 Å². The number of quaternary nitrogens is 1. The Morgan fingerprint density at radius 1 is 1.26 bits per heavy atom. The lowest BCUT2D eigenvalue weighted by atomic mass is 10.2. The van der Waals surface area contributed by atoms with Gasteiger partial charge < -0.3 is 14.8 Å². The molecule has 23 heavy (non-hydrogen) atoms. The second-order valence-electron chi connectivity index (χ2n) is 4.99. The maximum atomic E-state index is 13.8. The van der Waals surface area contributed by atoms with Gasteiger partial charge in [0.1, 0.15) is 19.0 Å². The lowest BCUT2D eigenvalue weighted by Gasteiger charge is -2.13. The average molecular weight is 337 g/mol. The summed E-state index contributed by atoms with van der Waals surface area (Å²) in [6.45, 7) is 5.41. The number of halogens is 2. The molecular weight excluding hydrogens is 317 g/mol. The summed E-state index contributed by atoms with van der Waals surface area (Å²) in [6, 6.07) is 10.3. The van der Waals surface area contributed by atoms with Gasteiger partial charge in [-0.1, -0.05) is 24.2 Å². The third-order valence-corrected chi connectivity index (χ3v) is 3.73. The molecule has 0 heterocycles. The first-order valence-electron chi connectivity index (χ1n) is 7.31. The van der Waals surface area contributed by atoms with E-state index < -0.39 is 0 Å². The molecule has 0 fully saturated rings. The first kappa shape index (κ1) is 17.3. The molecule has 0 saturated carbocycles. The van der Waals surface area contributed by atoms with Crippen molar-refractivity contribution >= 4 is 11.6 Å². The zero-order valence-electron chi connectivity index (χ0n) is 13.0. The maximum absolute atomic E-state index is 13.8. The number of rotatable bonds is 8. The predicted molar refractivity (Wildman–Crippen MR) is 89.4 cm³/mol. The van der Waals surface area contributed by atoms with Crippen LogP contribution in [-0.2, 0) is 13.2 Å². The molecule has 2 N–H and O–H groups in total. The largest absolute Gasteiger partial charge is 0.493 e. The molecule has 0 bridgehead atoms. The normalized spacial score (nSPS) is 10.4. The van der Waals surface area contributed by atoms with Crippen LogP contribution in [0.15, 0.2) is 49.1 Å². The molecule has 0 aliphatic rings. The highest BCUT2D eigenvalue weighted by Crippen LogP contribution is 2.30. The maximum Gasteiger partial charge on any atom is 0.161 e. The fraction of sp³-hybridized carbons (Fsp3) is 0.222. The lowest BCUT2D eigenvalue weighted by molar-refractivity contribution is -0.662. The third-order valence-electron chi connectivity index (χ3n) is 3.38. The Kier molecular flexibility index (Phi) is 6.44. The van der Waals surface area contributed by atoms with E-state index in [2.05, 4.69) is 11.9 Å². The minimum atomic E-state index is -0.382. The van der Waals surface area contributed by atoms with Crippen molar-refractivity contribution in [1.29, 1.82) is 0 Å². The van der Waals surface area contributed by atoms with Gasteiger partial charge in [0, 0.05) is 11.1 Å². The van der Waals surface area contributed by atoms with Crippen molar-refractivity contribution in [2.45, 2.75) is 13.2 Å². The summed E-state index contributed by atoms with van der Waals surface area (Å²) in [6.07, 6.45) is 1.85. The van der Waals surface area contributed by atoms with Crippen molar-refractivity contribution in [3.63, 3.8) is 0 Å². The van der Waals surface area contributed by atoms with Gasteiger partial charge in [-0.25, -0.2) is 4.39 Å². The number of benzene rings is 2. The molecule has 0 aromatic heterocycles. The van der Waals surface area contributed by atoms with Crippen LogP contribution < -0.4 is 14.8 Å². The van der Waals surface area contributed by atoms with Gasteiger partial charge >= 0.3 is 0 Å². The summed E-state index contributed by atoms with van der Waals surface area (Å²) < 4.78 is 24.8. The second kappa shape index (κ2) is 8.56. The van der Waals surface area contributed by atoms with E-state index in [0.717, 1.165) is 18.7 Å². The number of nitrogens with two attached hydrogens (primary N) is 1. The van der Waals surface area contributed by atoms with E-state index in [1.54, 1.807) is 19.2 Å². The van der Waals surface area contributed by atoms with Gasteiger partial charge in [0.15, 0.2) is 11.5 Å². The molecule has 0 spiro atoms. The van der Waals surface area contributed by atoms with Crippen molar-refractivity contribution in [2.75, 3.05) is 13.7 Å². The van der Waals surface area contributed by atoms with Gasteiger partial charge in [-0.3, -0.25) is 0 Å². The summed E-state index contributed by atoms with van der Waals surface area (Å²) in [4.78, 5) is 0. The van der Waals surface area contributed by atoms with Gasteiger partial charge in [-0.2, -0.15) is 0 Å². The molecule has 5 heteroatoms. The third kappa shape index (κ3) is 4.71. The van der Waals surface area contributed by atoms with E-state index in [1.807, 2.05) is 24.3 Å². The average Bonchev–Trinajstić information content (AvgIpc) is 2.55. The molecule has 0 aliphatic heterocycles. The molecule has 3 nitrogen and oxygen atoms in total. The molecule has 2 aromatic carbocycles. The topological polar surface area (TPSA) is 35.1 Å². The number of methoxy groups -OCH3 is 1. The molecule has 2 rings (SSSR count). The van der Waals surface area contributed by atoms with Crippen LogP contribution in [0, 0.1) is 5.82 Å². The summed E-state index contributed by atoms with van der Waals surface area (Å²) >= 11 is 6.00. The Hall–Kier alpha value is -2.04. The van der Waals surface area contributed by atoms with Crippen molar-refractivity contribution in [3.05, 3.63) is 71.0 Å². The first-order valence-corrected chi connectivity index (χ1v) is 7.68. The number of hydrogen-bond donors (Lipinski definition) is 1. The van der Waals surface area contributed by atoms with E-state index in [0.29, 0.717) is 22.1 Å². The molecule has 122 valence electrons. The number of hydrogen-bond acceptors (Lipinski definition) is 2. The van der Waals surface area contributed by atoms with Crippen LogP contribution in [0.25, 0.3) is 0 Å². The van der Waals surface area contributed by atoms with Crippen molar-refractivity contribution < 1.29 is 19.2 Å². The Bertz CT molecular complexity index is 656. The van der Waals surface area contributed by atoms with Crippen molar-refractivity contribution in [1.82, 2.24) is 0 Å². The van der Waals surface area contributed by atoms with Crippen LogP contribution in [0.3, 0.4) is 0 Å². The van der Waals surface area contributed by atoms with Crippen molar-refractivity contribution in [3.8, 4) is 11.5 Å². The van der Waals surface area contributed by atoms with Crippen LogP contribution in [0.5, 0.6) is 11.5 Å². The van der Waals surface area contributed by atoms with Crippen LogP contribution in [0.2, 0.25) is 5.02 Å². The van der Waals surface area contributed by atoms with Gasteiger partial charge in [-0.05, 0) is 36.4 Å². The fourth-order valence-electron chi connectivity index (χ4n) is 2.15. The van der Waals surface area contributed by atoms with Crippen molar-refractivity contribution in [2.24, 2.45) is 0 Å². The fourth-order valence-corrected chi connectivity index (χ4v) is 2.36. The second-order valence-corrected chi connectivity index (χ2v) is 5.40. The van der Waals surface area contributed by atoms with Crippen LogP contribution in [0.4, 0.5) is 4.39 Å². The summed E-state index contributed by atoms with van der Waals surface area (Å²) in [5.74, 6) is 0.786. The Morgan fingerprint density at radius 3 is 2.78 bits per heavy atom. The quantitative estimate of drug-likeness (QED) is 0.593. The van der Waals surface area contributed by atoms with Gasteiger partial charge in [0.05, 0.1) is 18.7 Å². The first-order chi connectivity index (χ1) is 11.2. The zero-order valence-corrected chi connectivity index (χ0v) is 13.8. The van der Waals surface area contributed by atoms with Crippen LogP contribution in [-0.4, -0.2) is 13.7 Å². The highest BCUT2D eigenvalue weighted by molar-refractivity contribution is 6.31. The summed E-state index contributed by atoms with van der Waals surface area (Å²) in [7, 11) is 1.58. The smallest absolute Gasteiger partial charge is 0.161 e. The van der Waals surface area contributed by atoms with E-state index in [1.165, 1.54) is 6.07 Å². The van der Waals surface area contributed by atoms with Gasteiger partial charge in [-0.15, -0.1) is 0 Å². The monoisotopic (exact) mass is 336 g/mol. The van der Waals surface area contributed by atoms with E-state index in [4.69, 9.17) is 21.1 Å². The highest BCUT2D eigenvalue weighted by atomic mass is 35.5. The Labute approximate surface area is 140 Å². The molecule has 2 aromatic rings. The van der Waals surface area contributed by atoms with E-state index in [-0.39, 0.29) is 12.4 Å². The highest BCUT2D eigenvalue weighted by Gasteiger charge is 2.11. The Balaban J connectivity index is 2.09. The molecule has 0 saturated heterocycles. The van der Waals surface area contributed by atoms with E-state index in [9.17, 15) is 4.39 Å². The van der Waals surface area contributed by atoms with Crippen LogP contribution in [0.1, 0.15) is 11.1 Å². The van der Waals surface area contributed by atoms with E-state index >= 15 is 0 Å². The Morgan fingerprint density at radius 2 is 2.09 bits per heavy atom. The lowest BCUT2D eigenvalue weighted by Crippen LogP contribution is -2.82. The molecule has 0 aliphatic carbocycles. The standard InChI is InChI=1S/C18H19ClFNO2/c1-3-9-21-11-13-7-8-17(18(10-13)22-2)23-12-14-15(19)5-4-6-16(14)20/h3-8,10,21H,1,9,11-12H2,2H3/p+1. The van der Waals surface area contributed by atoms with Gasteiger partial charge in [0.2, 0.25) is 0 Å².